The molecular weight excluding hydrogens is 235 g/mol. The molecule has 0 bridgehead atoms. The highest BCUT2D eigenvalue weighted by Gasteiger charge is 2.17. The van der Waals surface area contributed by atoms with E-state index in [9.17, 15) is 8.78 Å². The summed E-state index contributed by atoms with van der Waals surface area (Å²) in [5, 5.41) is 8.70. The Bertz CT molecular complexity index is 333. The van der Waals surface area contributed by atoms with E-state index in [1.165, 1.54) is 6.07 Å². The highest BCUT2D eigenvalue weighted by molar-refractivity contribution is 6.30. The SMILES string of the molecule is OCc1cc(CCl)c(C(F)F)nc1Cl. The summed E-state index contributed by atoms with van der Waals surface area (Å²) in [4.78, 5) is 3.49. The molecule has 14 heavy (non-hydrogen) atoms. The first kappa shape index (κ1) is 11.6. The summed E-state index contributed by atoms with van der Waals surface area (Å²) in [6.45, 7) is -0.348. The van der Waals surface area contributed by atoms with Crippen LogP contribution in [0.1, 0.15) is 23.2 Å². The molecule has 6 heteroatoms. The lowest BCUT2D eigenvalue weighted by atomic mass is 10.1. The van der Waals surface area contributed by atoms with Crippen molar-refractivity contribution < 1.29 is 13.9 Å². The van der Waals surface area contributed by atoms with E-state index < -0.39 is 12.1 Å². The van der Waals surface area contributed by atoms with Gasteiger partial charge in [-0.2, -0.15) is 0 Å². The standard InChI is InChI=1S/C8H7Cl2F2NO/c9-2-4-1-5(3-14)7(10)13-6(4)8(11)12/h1,8,14H,2-3H2. The van der Waals surface area contributed by atoms with Crippen molar-refractivity contribution in [2.24, 2.45) is 0 Å². The molecule has 1 heterocycles. The largest absolute Gasteiger partial charge is 0.392 e. The summed E-state index contributed by atoms with van der Waals surface area (Å²) < 4.78 is 24.8. The molecule has 0 aliphatic carbocycles. The van der Waals surface area contributed by atoms with Crippen LogP contribution in [0.2, 0.25) is 5.15 Å². The van der Waals surface area contributed by atoms with Crippen molar-refractivity contribution in [1.82, 2.24) is 4.98 Å². The molecular formula is C8H7Cl2F2NO. The predicted molar refractivity (Wildman–Crippen MR) is 49.7 cm³/mol. The van der Waals surface area contributed by atoms with E-state index in [1.54, 1.807) is 0 Å². The zero-order valence-electron chi connectivity index (χ0n) is 6.98. The molecule has 0 unspecified atom stereocenters. The number of nitrogens with zero attached hydrogens (tertiary/aromatic N) is 1. The number of hydrogen-bond donors (Lipinski definition) is 1. The first-order valence-corrected chi connectivity index (χ1v) is 4.64. The highest BCUT2D eigenvalue weighted by Crippen LogP contribution is 2.26. The average molecular weight is 242 g/mol. The zero-order chi connectivity index (χ0) is 10.7. The van der Waals surface area contributed by atoms with Crippen molar-refractivity contribution in [3.8, 4) is 0 Å². The van der Waals surface area contributed by atoms with E-state index in [1.807, 2.05) is 0 Å². The van der Waals surface area contributed by atoms with Crippen molar-refractivity contribution >= 4 is 23.2 Å². The van der Waals surface area contributed by atoms with Crippen LogP contribution in [0.5, 0.6) is 0 Å². The highest BCUT2D eigenvalue weighted by atomic mass is 35.5. The number of halogens is 4. The molecule has 0 radical (unpaired) electrons. The van der Waals surface area contributed by atoms with Crippen molar-refractivity contribution in [1.29, 1.82) is 0 Å². The molecule has 0 atom stereocenters. The van der Waals surface area contributed by atoms with Gasteiger partial charge in [-0.25, -0.2) is 13.8 Å². The monoisotopic (exact) mass is 241 g/mol. The van der Waals surface area contributed by atoms with Crippen LogP contribution in [-0.2, 0) is 12.5 Å². The third-order valence-electron chi connectivity index (χ3n) is 1.68. The lowest BCUT2D eigenvalue weighted by Gasteiger charge is -2.08. The lowest BCUT2D eigenvalue weighted by molar-refractivity contribution is 0.145. The Hall–Kier alpha value is -0.450. The molecule has 0 saturated heterocycles. The van der Waals surface area contributed by atoms with Gasteiger partial charge in [-0.05, 0) is 11.6 Å². The summed E-state index contributed by atoms with van der Waals surface area (Å²) in [5.74, 6) is -0.0865. The Kier molecular flexibility index (Phi) is 4.04. The molecule has 0 amide bonds. The first-order chi connectivity index (χ1) is 6.60. The van der Waals surface area contributed by atoms with E-state index in [2.05, 4.69) is 4.98 Å². The van der Waals surface area contributed by atoms with E-state index in [0.29, 0.717) is 5.56 Å². The Morgan fingerprint density at radius 1 is 1.43 bits per heavy atom. The number of aromatic nitrogens is 1. The van der Waals surface area contributed by atoms with Gasteiger partial charge in [0.05, 0.1) is 6.61 Å². The predicted octanol–water partition coefficient (Wildman–Crippen LogP) is 2.90. The summed E-state index contributed by atoms with van der Waals surface area (Å²) in [6, 6.07) is 1.34. The number of aliphatic hydroxyl groups is 1. The Labute approximate surface area is 89.5 Å². The maximum absolute atomic E-state index is 12.4. The number of hydrogen-bond acceptors (Lipinski definition) is 2. The molecule has 1 aromatic heterocycles. The third kappa shape index (κ3) is 2.32. The smallest absolute Gasteiger partial charge is 0.280 e. The number of aliphatic hydroxyl groups excluding tert-OH is 1. The Balaban J connectivity index is 3.24. The molecule has 0 aliphatic heterocycles. The molecule has 0 aliphatic rings. The lowest BCUT2D eigenvalue weighted by Crippen LogP contribution is -2.00. The number of rotatable bonds is 3. The number of pyridine rings is 1. The van der Waals surface area contributed by atoms with Gasteiger partial charge in [0.1, 0.15) is 10.8 Å². The van der Waals surface area contributed by atoms with Crippen molar-refractivity contribution in [2.45, 2.75) is 18.9 Å². The molecule has 0 spiro atoms. The third-order valence-corrected chi connectivity index (χ3v) is 2.30. The molecule has 0 aromatic carbocycles. The zero-order valence-corrected chi connectivity index (χ0v) is 8.49. The maximum Gasteiger partial charge on any atom is 0.280 e. The minimum absolute atomic E-state index is 0.0865. The molecule has 1 N–H and O–H groups in total. The van der Waals surface area contributed by atoms with E-state index in [4.69, 9.17) is 28.3 Å². The van der Waals surface area contributed by atoms with Crippen molar-refractivity contribution in [3.63, 3.8) is 0 Å². The normalized spacial score (nSPS) is 11.0. The van der Waals surface area contributed by atoms with Crippen LogP contribution in [0.3, 0.4) is 0 Å². The number of alkyl halides is 3. The van der Waals surface area contributed by atoms with Crippen LogP contribution < -0.4 is 0 Å². The van der Waals surface area contributed by atoms with Crippen LogP contribution >= 0.6 is 23.2 Å². The molecule has 0 saturated carbocycles. The second-order valence-corrected chi connectivity index (χ2v) is 3.20. The summed E-state index contributed by atoms with van der Waals surface area (Å²) in [5.41, 5.74) is 0.0593. The molecule has 1 aromatic rings. The van der Waals surface area contributed by atoms with E-state index in [-0.39, 0.29) is 23.2 Å². The van der Waals surface area contributed by atoms with Crippen LogP contribution in [0.25, 0.3) is 0 Å². The van der Waals surface area contributed by atoms with Crippen LogP contribution in [0.4, 0.5) is 8.78 Å². The summed E-state index contributed by atoms with van der Waals surface area (Å²) >= 11 is 11.0. The second-order valence-electron chi connectivity index (χ2n) is 2.58. The van der Waals surface area contributed by atoms with Crippen LogP contribution in [0, 0.1) is 0 Å². The molecule has 78 valence electrons. The first-order valence-electron chi connectivity index (χ1n) is 3.73. The van der Waals surface area contributed by atoms with Gasteiger partial charge >= 0.3 is 0 Å². The Morgan fingerprint density at radius 3 is 2.50 bits per heavy atom. The minimum Gasteiger partial charge on any atom is -0.392 e. The second kappa shape index (κ2) is 4.87. The Morgan fingerprint density at radius 2 is 2.07 bits per heavy atom. The van der Waals surface area contributed by atoms with Gasteiger partial charge in [0.25, 0.3) is 6.43 Å². The topological polar surface area (TPSA) is 33.1 Å². The minimum atomic E-state index is -2.71. The molecule has 0 fully saturated rings. The van der Waals surface area contributed by atoms with E-state index >= 15 is 0 Å². The van der Waals surface area contributed by atoms with Gasteiger partial charge in [-0.1, -0.05) is 11.6 Å². The van der Waals surface area contributed by atoms with Gasteiger partial charge in [0.2, 0.25) is 0 Å². The fourth-order valence-corrected chi connectivity index (χ4v) is 1.42. The van der Waals surface area contributed by atoms with Gasteiger partial charge in [0, 0.05) is 11.4 Å². The van der Waals surface area contributed by atoms with Crippen molar-refractivity contribution in [3.05, 3.63) is 28.0 Å². The van der Waals surface area contributed by atoms with Gasteiger partial charge in [0.15, 0.2) is 0 Å². The summed E-state index contributed by atoms with van der Waals surface area (Å²) in [6.07, 6.45) is -2.71. The fourth-order valence-electron chi connectivity index (χ4n) is 1.00. The molecule has 1 rings (SSSR count). The average Bonchev–Trinajstić information content (AvgIpc) is 2.17. The fraction of sp³-hybridized carbons (Fsp3) is 0.375. The van der Waals surface area contributed by atoms with Gasteiger partial charge < -0.3 is 5.11 Å². The molecule has 2 nitrogen and oxygen atoms in total. The van der Waals surface area contributed by atoms with Crippen molar-refractivity contribution in [2.75, 3.05) is 0 Å². The quantitative estimate of drug-likeness (QED) is 0.652. The van der Waals surface area contributed by atoms with Gasteiger partial charge in [-0.15, -0.1) is 11.6 Å². The summed E-state index contributed by atoms with van der Waals surface area (Å²) in [7, 11) is 0. The van der Waals surface area contributed by atoms with Crippen LogP contribution in [-0.4, -0.2) is 10.1 Å². The maximum atomic E-state index is 12.4. The van der Waals surface area contributed by atoms with Gasteiger partial charge in [-0.3, -0.25) is 0 Å². The van der Waals surface area contributed by atoms with Crippen LogP contribution in [0.15, 0.2) is 6.07 Å². The van der Waals surface area contributed by atoms with E-state index in [0.717, 1.165) is 0 Å².